The number of hydrogen-bond donors (Lipinski definition) is 0. The van der Waals surface area contributed by atoms with E-state index in [1.54, 1.807) is 0 Å². The highest BCUT2D eigenvalue weighted by atomic mass is 19.1. The quantitative estimate of drug-likeness (QED) is 0.684. The Morgan fingerprint density at radius 1 is 1.33 bits per heavy atom. The second-order valence-electron chi connectivity index (χ2n) is 4.75. The second kappa shape index (κ2) is 3.93. The number of rotatable bonds is 1. The standard InChI is InChI=1S/C13H18FN/c1-9(2)11-5-4-10-6-7-15(3)8-12(10)13(11)14/h4-5,9H,6-8H2,1-3H3. The first kappa shape index (κ1) is 10.6. The highest BCUT2D eigenvalue weighted by Crippen LogP contribution is 2.27. The predicted octanol–water partition coefficient (Wildman–Crippen LogP) is 2.94. The normalized spacial score (nSPS) is 16.9. The molecule has 1 aliphatic heterocycles. The fourth-order valence-corrected chi connectivity index (χ4v) is 2.19. The van der Waals surface area contributed by atoms with Gasteiger partial charge in [0.1, 0.15) is 5.82 Å². The Kier molecular flexibility index (Phi) is 2.79. The highest BCUT2D eigenvalue weighted by molar-refractivity contribution is 5.36. The lowest BCUT2D eigenvalue weighted by atomic mass is 9.93. The van der Waals surface area contributed by atoms with Gasteiger partial charge in [0.25, 0.3) is 0 Å². The lowest BCUT2D eigenvalue weighted by Gasteiger charge is -2.26. The van der Waals surface area contributed by atoms with Crippen LogP contribution in [0.2, 0.25) is 0 Å². The summed E-state index contributed by atoms with van der Waals surface area (Å²) in [6.45, 7) is 5.86. The Balaban J connectivity index is 2.46. The summed E-state index contributed by atoms with van der Waals surface area (Å²) in [5.74, 6) is 0.289. The van der Waals surface area contributed by atoms with Gasteiger partial charge in [-0.05, 0) is 30.5 Å². The summed E-state index contributed by atoms with van der Waals surface area (Å²) in [6, 6.07) is 4.05. The summed E-state index contributed by atoms with van der Waals surface area (Å²) in [4.78, 5) is 2.18. The number of likely N-dealkylation sites (N-methyl/N-ethyl adjacent to an activating group) is 1. The van der Waals surface area contributed by atoms with Crippen LogP contribution in [0.15, 0.2) is 12.1 Å². The monoisotopic (exact) mass is 207 g/mol. The van der Waals surface area contributed by atoms with Gasteiger partial charge in [-0.3, -0.25) is 0 Å². The van der Waals surface area contributed by atoms with Crippen LogP contribution in [0.3, 0.4) is 0 Å². The van der Waals surface area contributed by atoms with E-state index in [-0.39, 0.29) is 11.7 Å². The molecule has 0 aromatic heterocycles. The van der Waals surface area contributed by atoms with E-state index in [0.29, 0.717) is 0 Å². The van der Waals surface area contributed by atoms with Crippen LogP contribution in [0, 0.1) is 5.82 Å². The molecule has 2 rings (SSSR count). The maximum Gasteiger partial charge on any atom is 0.131 e. The van der Waals surface area contributed by atoms with Gasteiger partial charge in [-0.1, -0.05) is 26.0 Å². The van der Waals surface area contributed by atoms with Crippen molar-refractivity contribution >= 4 is 0 Å². The van der Waals surface area contributed by atoms with Crippen molar-refractivity contribution in [3.63, 3.8) is 0 Å². The predicted molar refractivity (Wildman–Crippen MR) is 60.5 cm³/mol. The molecule has 1 nitrogen and oxygen atoms in total. The molecule has 0 aliphatic carbocycles. The van der Waals surface area contributed by atoms with Crippen molar-refractivity contribution in [1.82, 2.24) is 4.90 Å². The van der Waals surface area contributed by atoms with Gasteiger partial charge >= 0.3 is 0 Å². The van der Waals surface area contributed by atoms with Crippen molar-refractivity contribution in [3.05, 3.63) is 34.6 Å². The van der Waals surface area contributed by atoms with Gasteiger partial charge < -0.3 is 4.90 Å². The molecule has 1 heterocycles. The Morgan fingerprint density at radius 2 is 2.07 bits per heavy atom. The Hall–Kier alpha value is -0.890. The Bertz CT molecular complexity index is 371. The molecular formula is C13H18FN. The van der Waals surface area contributed by atoms with Crippen molar-refractivity contribution < 1.29 is 4.39 Å². The maximum atomic E-state index is 14.2. The van der Waals surface area contributed by atoms with Crippen LogP contribution in [0.1, 0.15) is 36.5 Å². The van der Waals surface area contributed by atoms with Gasteiger partial charge in [0.15, 0.2) is 0 Å². The molecule has 0 radical (unpaired) electrons. The molecule has 0 spiro atoms. The molecule has 0 fully saturated rings. The number of nitrogens with zero attached hydrogens (tertiary/aromatic N) is 1. The summed E-state index contributed by atoms with van der Waals surface area (Å²) in [5, 5.41) is 0. The van der Waals surface area contributed by atoms with Crippen LogP contribution >= 0.6 is 0 Å². The molecule has 15 heavy (non-hydrogen) atoms. The van der Waals surface area contributed by atoms with E-state index in [9.17, 15) is 4.39 Å². The minimum atomic E-state index is 0.0223. The number of fused-ring (bicyclic) bond motifs is 1. The van der Waals surface area contributed by atoms with Crippen LogP contribution in [-0.2, 0) is 13.0 Å². The minimum absolute atomic E-state index is 0.0223. The van der Waals surface area contributed by atoms with Crippen molar-refractivity contribution in [2.45, 2.75) is 32.7 Å². The van der Waals surface area contributed by atoms with Gasteiger partial charge in [-0.25, -0.2) is 4.39 Å². The van der Waals surface area contributed by atoms with Gasteiger partial charge in [0.05, 0.1) is 0 Å². The fourth-order valence-electron chi connectivity index (χ4n) is 2.19. The average molecular weight is 207 g/mol. The van der Waals surface area contributed by atoms with E-state index in [0.717, 1.165) is 30.6 Å². The number of benzene rings is 1. The third kappa shape index (κ3) is 1.91. The maximum absolute atomic E-state index is 14.2. The molecule has 0 amide bonds. The molecule has 82 valence electrons. The molecule has 0 unspecified atom stereocenters. The third-order valence-electron chi connectivity index (χ3n) is 3.18. The van der Waals surface area contributed by atoms with E-state index in [4.69, 9.17) is 0 Å². The summed E-state index contributed by atoms with van der Waals surface area (Å²) in [7, 11) is 2.05. The number of hydrogen-bond acceptors (Lipinski definition) is 1. The van der Waals surface area contributed by atoms with Crippen LogP contribution in [0.25, 0.3) is 0 Å². The van der Waals surface area contributed by atoms with Crippen LogP contribution < -0.4 is 0 Å². The van der Waals surface area contributed by atoms with E-state index < -0.39 is 0 Å². The van der Waals surface area contributed by atoms with Crippen molar-refractivity contribution in [2.24, 2.45) is 0 Å². The van der Waals surface area contributed by atoms with Crippen LogP contribution in [-0.4, -0.2) is 18.5 Å². The zero-order valence-corrected chi connectivity index (χ0v) is 9.68. The second-order valence-corrected chi connectivity index (χ2v) is 4.75. The summed E-state index contributed by atoms with van der Waals surface area (Å²) in [6.07, 6.45) is 0.973. The lowest BCUT2D eigenvalue weighted by molar-refractivity contribution is 0.305. The zero-order chi connectivity index (χ0) is 11.0. The molecular weight excluding hydrogens is 189 g/mol. The lowest BCUT2D eigenvalue weighted by Crippen LogP contribution is -2.27. The fraction of sp³-hybridized carbons (Fsp3) is 0.538. The molecule has 0 saturated heterocycles. The molecule has 0 bridgehead atoms. The van der Waals surface area contributed by atoms with Gasteiger partial charge in [0, 0.05) is 18.7 Å². The van der Waals surface area contributed by atoms with Gasteiger partial charge in [-0.15, -0.1) is 0 Å². The van der Waals surface area contributed by atoms with E-state index in [1.807, 2.05) is 27.0 Å². The molecule has 1 aromatic carbocycles. The third-order valence-corrected chi connectivity index (χ3v) is 3.18. The van der Waals surface area contributed by atoms with Gasteiger partial charge in [0.2, 0.25) is 0 Å². The zero-order valence-electron chi connectivity index (χ0n) is 9.68. The topological polar surface area (TPSA) is 3.24 Å². The molecule has 2 heteroatoms. The number of halogens is 1. The summed E-state index contributed by atoms with van der Waals surface area (Å²) in [5.41, 5.74) is 2.95. The molecule has 0 atom stereocenters. The van der Waals surface area contributed by atoms with Crippen molar-refractivity contribution in [2.75, 3.05) is 13.6 Å². The first-order valence-corrected chi connectivity index (χ1v) is 5.58. The first-order valence-electron chi connectivity index (χ1n) is 5.58. The Morgan fingerprint density at radius 3 is 2.73 bits per heavy atom. The van der Waals surface area contributed by atoms with Crippen molar-refractivity contribution in [3.8, 4) is 0 Å². The SMILES string of the molecule is CC(C)c1ccc2c(c1F)CN(C)CC2. The Labute approximate surface area is 90.9 Å². The van der Waals surface area contributed by atoms with Crippen molar-refractivity contribution in [1.29, 1.82) is 0 Å². The molecule has 1 aliphatic rings. The largest absolute Gasteiger partial charge is 0.302 e. The summed E-state index contributed by atoms with van der Waals surface area (Å²) >= 11 is 0. The average Bonchev–Trinajstić information content (AvgIpc) is 2.19. The smallest absolute Gasteiger partial charge is 0.131 e. The van der Waals surface area contributed by atoms with Crippen LogP contribution in [0.5, 0.6) is 0 Å². The summed E-state index contributed by atoms with van der Waals surface area (Å²) < 4.78 is 14.2. The van der Waals surface area contributed by atoms with Crippen LogP contribution in [0.4, 0.5) is 4.39 Å². The van der Waals surface area contributed by atoms with Gasteiger partial charge in [-0.2, -0.15) is 0 Å². The first-order chi connectivity index (χ1) is 7.09. The molecule has 0 N–H and O–H groups in total. The molecule has 1 aromatic rings. The highest BCUT2D eigenvalue weighted by Gasteiger charge is 2.19. The minimum Gasteiger partial charge on any atom is -0.302 e. The molecule has 0 saturated carbocycles. The van der Waals surface area contributed by atoms with E-state index >= 15 is 0 Å². The van der Waals surface area contributed by atoms with E-state index in [2.05, 4.69) is 11.0 Å². The van der Waals surface area contributed by atoms with E-state index in [1.165, 1.54) is 5.56 Å².